The Hall–Kier alpha value is -1.55. The van der Waals surface area contributed by atoms with Gasteiger partial charge < -0.3 is 15.5 Å². The number of amides is 1. The van der Waals surface area contributed by atoms with Gasteiger partial charge in [0.25, 0.3) is 0 Å². The Morgan fingerprint density at radius 2 is 2.00 bits per heavy atom. The molecule has 0 radical (unpaired) electrons. The predicted molar refractivity (Wildman–Crippen MR) is 68.2 cm³/mol. The number of phenolic OH excluding ortho intramolecular Hbond substituents is 1. The number of aliphatic hydroxyl groups is 1. The molecule has 0 heterocycles. The number of hydrogen-bond acceptors (Lipinski definition) is 3. The highest BCUT2D eigenvalue weighted by Gasteiger charge is 2.26. The van der Waals surface area contributed by atoms with Crippen LogP contribution in [0.4, 0.5) is 0 Å². The molecule has 1 saturated carbocycles. The number of carbonyl (C=O) groups excluding carboxylic acids is 1. The first-order valence-electron chi connectivity index (χ1n) is 6.38. The highest BCUT2D eigenvalue weighted by molar-refractivity contribution is 5.79. The predicted octanol–water partition coefficient (Wildman–Crippen LogP) is 1.21. The quantitative estimate of drug-likeness (QED) is 0.734. The van der Waals surface area contributed by atoms with Crippen molar-refractivity contribution in [1.29, 1.82) is 0 Å². The molecule has 1 aliphatic rings. The number of phenols is 1. The van der Waals surface area contributed by atoms with Crippen LogP contribution in [-0.2, 0) is 11.2 Å². The minimum atomic E-state index is -0.248. The van der Waals surface area contributed by atoms with E-state index in [4.69, 9.17) is 0 Å². The summed E-state index contributed by atoms with van der Waals surface area (Å²) in [5.74, 6) is 0.413. The Kier molecular flexibility index (Phi) is 4.20. The molecule has 2 rings (SSSR count). The molecule has 0 aliphatic heterocycles. The van der Waals surface area contributed by atoms with Crippen LogP contribution in [0.25, 0.3) is 0 Å². The summed E-state index contributed by atoms with van der Waals surface area (Å²) in [6.45, 7) is -0.0701. The van der Waals surface area contributed by atoms with Crippen molar-refractivity contribution in [2.24, 2.45) is 5.92 Å². The molecule has 1 aliphatic carbocycles. The fourth-order valence-electron chi connectivity index (χ4n) is 2.07. The second-order valence-corrected chi connectivity index (χ2v) is 4.89. The number of aliphatic hydroxyl groups excluding tert-OH is 1. The molecule has 0 unspecified atom stereocenters. The van der Waals surface area contributed by atoms with Crippen molar-refractivity contribution in [1.82, 2.24) is 5.32 Å². The molecule has 1 aromatic carbocycles. The van der Waals surface area contributed by atoms with Crippen LogP contribution in [0.5, 0.6) is 5.75 Å². The van der Waals surface area contributed by atoms with Gasteiger partial charge in [0.1, 0.15) is 5.75 Å². The number of aromatic hydroxyl groups is 1. The van der Waals surface area contributed by atoms with Crippen LogP contribution in [0.1, 0.15) is 24.8 Å². The molecule has 0 saturated heterocycles. The van der Waals surface area contributed by atoms with Crippen molar-refractivity contribution in [3.8, 4) is 5.75 Å². The van der Waals surface area contributed by atoms with Crippen LogP contribution in [0.2, 0.25) is 0 Å². The lowest BCUT2D eigenvalue weighted by molar-refractivity contribution is -0.128. The number of benzene rings is 1. The van der Waals surface area contributed by atoms with Gasteiger partial charge in [-0.3, -0.25) is 4.79 Å². The molecule has 0 spiro atoms. The maximum Gasteiger partial charge on any atom is 0.223 e. The number of hydrogen-bond donors (Lipinski definition) is 3. The van der Waals surface area contributed by atoms with Gasteiger partial charge >= 0.3 is 0 Å². The van der Waals surface area contributed by atoms with Crippen LogP contribution in [-0.4, -0.2) is 28.8 Å². The lowest BCUT2D eigenvalue weighted by Gasteiger charge is -2.26. The molecule has 1 fully saturated rings. The molecule has 4 heteroatoms. The third-order valence-electron chi connectivity index (χ3n) is 3.46. The van der Waals surface area contributed by atoms with Crippen LogP contribution in [0.15, 0.2) is 24.3 Å². The summed E-state index contributed by atoms with van der Waals surface area (Å²) in [6.07, 6.45) is 3.63. The minimum Gasteiger partial charge on any atom is -0.508 e. The van der Waals surface area contributed by atoms with E-state index >= 15 is 0 Å². The van der Waals surface area contributed by atoms with E-state index in [1.165, 1.54) is 0 Å². The molecule has 1 atom stereocenters. The monoisotopic (exact) mass is 249 g/mol. The zero-order valence-corrected chi connectivity index (χ0v) is 10.3. The van der Waals surface area contributed by atoms with Gasteiger partial charge in [-0.1, -0.05) is 18.6 Å². The molecule has 1 aromatic rings. The Labute approximate surface area is 107 Å². The van der Waals surface area contributed by atoms with Gasteiger partial charge in [-0.25, -0.2) is 0 Å². The van der Waals surface area contributed by atoms with Gasteiger partial charge in [0, 0.05) is 5.92 Å². The highest BCUT2D eigenvalue weighted by Crippen LogP contribution is 2.26. The van der Waals surface area contributed by atoms with E-state index in [9.17, 15) is 15.0 Å². The summed E-state index contributed by atoms with van der Waals surface area (Å²) in [6, 6.07) is 6.57. The van der Waals surface area contributed by atoms with E-state index in [1.807, 2.05) is 0 Å². The zero-order chi connectivity index (χ0) is 13.0. The minimum absolute atomic E-state index is 0.0547. The summed E-state index contributed by atoms with van der Waals surface area (Å²) in [4.78, 5) is 11.8. The number of carbonyl (C=O) groups is 1. The molecule has 0 bridgehead atoms. The Morgan fingerprint density at radius 1 is 1.33 bits per heavy atom. The summed E-state index contributed by atoms with van der Waals surface area (Å²) in [7, 11) is 0. The largest absolute Gasteiger partial charge is 0.508 e. The number of rotatable bonds is 5. The van der Waals surface area contributed by atoms with Gasteiger partial charge in [0.05, 0.1) is 12.6 Å². The summed E-state index contributed by atoms with van der Waals surface area (Å²) in [5.41, 5.74) is 0.987. The van der Waals surface area contributed by atoms with Gasteiger partial charge in [0.2, 0.25) is 5.91 Å². The molecule has 18 heavy (non-hydrogen) atoms. The van der Waals surface area contributed by atoms with Crippen molar-refractivity contribution in [2.45, 2.75) is 31.7 Å². The SMILES string of the molecule is O=C(N[C@H](CO)Cc1ccc(O)cc1)C1CCC1. The standard InChI is InChI=1S/C14H19NO3/c16-9-12(15-14(18)11-2-1-3-11)8-10-4-6-13(17)7-5-10/h4-7,11-12,16-17H,1-3,8-9H2,(H,15,18)/t12-/m0/s1. The van der Waals surface area contributed by atoms with Crippen LogP contribution >= 0.6 is 0 Å². The first-order valence-corrected chi connectivity index (χ1v) is 6.38. The Morgan fingerprint density at radius 3 is 2.50 bits per heavy atom. The van der Waals surface area contributed by atoms with Crippen LogP contribution < -0.4 is 5.32 Å². The first-order chi connectivity index (χ1) is 8.69. The second kappa shape index (κ2) is 5.87. The lowest BCUT2D eigenvalue weighted by Crippen LogP contribution is -2.43. The summed E-state index contributed by atoms with van der Waals surface area (Å²) >= 11 is 0. The van der Waals surface area contributed by atoms with E-state index < -0.39 is 0 Å². The van der Waals surface area contributed by atoms with Crippen LogP contribution in [0, 0.1) is 5.92 Å². The lowest BCUT2D eigenvalue weighted by atomic mass is 9.84. The summed E-state index contributed by atoms with van der Waals surface area (Å²) < 4.78 is 0. The van der Waals surface area contributed by atoms with E-state index in [-0.39, 0.29) is 30.2 Å². The van der Waals surface area contributed by atoms with Crippen molar-refractivity contribution < 1.29 is 15.0 Å². The fourth-order valence-corrected chi connectivity index (χ4v) is 2.07. The van der Waals surface area contributed by atoms with Gasteiger partial charge in [-0.15, -0.1) is 0 Å². The molecular weight excluding hydrogens is 230 g/mol. The zero-order valence-electron chi connectivity index (χ0n) is 10.3. The smallest absolute Gasteiger partial charge is 0.223 e. The molecular formula is C14H19NO3. The molecule has 0 aromatic heterocycles. The average molecular weight is 249 g/mol. The van der Waals surface area contributed by atoms with Crippen LogP contribution in [0.3, 0.4) is 0 Å². The first kappa shape index (κ1) is 12.9. The van der Waals surface area contributed by atoms with E-state index in [0.717, 1.165) is 24.8 Å². The maximum atomic E-state index is 11.8. The highest BCUT2D eigenvalue weighted by atomic mass is 16.3. The van der Waals surface area contributed by atoms with Crippen molar-refractivity contribution >= 4 is 5.91 Å². The Balaban J connectivity index is 1.88. The van der Waals surface area contributed by atoms with Gasteiger partial charge in [0.15, 0.2) is 0 Å². The molecule has 98 valence electrons. The van der Waals surface area contributed by atoms with Gasteiger partial charge in [-0.05, 0) is 37.0 Å². The fraction of sp³-hybridized carbons (Fsp3) is 0.500. The van der Waals surface area contributed by atoms with Crippen molar-refractivity contribution in [2.75, 3.05) is 6.61 Å². The average Bonchev–Trinajstić information content (AvgIpc) is 2.28. The maximum absolute atomic E-state index is 11.8. The van der Waals surface area contributed by atoms with Crippen molar-refractivity contribution in [3.05, 3.63) is 29.8 Å². The Bertz CT molecular complexity index is 398. The molecule has 4 nitrogen and oxygen atoms in total. The molecule has 3 N–H and O–H groups in total. The number of nitrogens with one attached hydrogen (secondary N) is 1. The normalized spacial score (nSPS) is 16.9. The third kappa shape index (κ3) is 3.23. The van der Waals surface area contributed by atoms with Gasteiger partial charge in [-0.2, -0.15) is 0 Å². The topological polar surface area (TPSA) is 69.6 Å². The summed E-state index contributed by atoms with van der Waals surface area (Å²) in [5, 5.41) is 21.4. The second-order valence-electron chi connectivity index (χ2n) is 4.89. The third-order valence-corrected chi connectivity index (χ3v) is 3.46. The van der Waals surface area contributed by atoms with E-state index in [0.29, 0.717) is 6.42 Å². The van der Waals surface area contributed by atoms with E-state index in [1.54, 1.807) is 24.3 Å². The molecule has 1 amide bonds. The van der Waals surface area contributed by atoms with E-state index in [2.05, 4.69) is 5.32 Å². The van der Waals surface area contributed by atoms with Crippen molar-refractivity contribution in [3.63, 3.8) is 0 Å².